The van der Waals surface area contributed by atoms with E-state index in [1.54, 1.807) is 0 Å². The Bertz CT molecular complexity index is 307. The lowest BCUT2D eigenvalue weighted by Crippen LogP contribution is -2.25. The first-order valence-electron chi connectivity index (χ1n) is 5.18. The summed E-state index contributed by atoms with van der Waals surface area (Å²) in [5, 5.41) is 0. The van der Waals surface area contributed by atoms with E-state index >= 15 is 0 Å². The molecule has 0 aromatic carbocycles. The van der Waals surface area contributed by atoms with Crippen LogP contribution in [0.15, 0.2) is 18.3 Å². The van der Waals surface area contributed by atoms with Crippen molar-refractivity contribution in [2.75, 3.05) is 25.0 Å². The lowest BCUT2D eigenvalue weighted by Gasteiger charge is -2.17. The van der Waals surface area contributed by atoms with E-state index in [4.69, 9.17) is 5.73 Å². The minimum Gasteiger partial charge on any atom is -0.358 e. The van der Waals surface area contributed by atoms with Gasteiger partial charge in [0.25, 0.3) is 0 Å². The molecule has 76 valence electrons. The van der Waals surface area contributed by atoms with Gasteiger partial charge in [-0.25, -0.2) is 4.98 Å². The zero-order valence-electron chi connectivity index (χ0n) is 8.61. The molecule has 3 heteroatoms. The Labute approximate surface area is 84.9 Å². The van der Waals surface area contributed by atoms with Gasteiger partial charge in [0.2, 0.25) is 0 Å². The highest BCUT2D eigenvalue weighted by molar-refractivity contribution is 5.42. The third-order valence-electron chi connectivity index (χ3n) is 2.67. The molecular formula is C11H17N3. The molecule has 1 fully saturated rings. The second-order valence-corrected chi connectivity index (χ2v) is 3.93. The SMILES string of the molecule is CN(CCN)c1cc(C2CC2)ccn1. The number of aromatic nitrogens is 1. The van der Waals surface area contributed by atoms with E-state index in [9.17, 15) is 0 Å². The molecule has 0 spiro atoms. The molecule has 1 saturated carbocycles. The van der Waals surface area contributed by atoms with Crippen molar-refractivity contribution in [3.05, 3.63) is 23.9 Å². The maximum atomic E-state index is 5.51. The van der Waals surface area contributed by atoms with Crippen LogP contribution in [-0.4, -0.2) is 25.1 Å². The molecule has 0 saturated heterocycles. The largest absolute Gasteiger partial charge is 0.358 e. The highest BCUT2D eigenvalue weighted by Gasteiger charge is 2.23. The minimum atomic E-state index is 0.672. The Balaban J connectivity index is 2.12. The average molecular weight is 191 g/mol. The van der Waals surface area contributed by atoms with Crippen molar-refractivity contribution in [2.45, 2.75) is 18.8 Å². The van der Waals surface area contributed by atoms with Gasteiger partial charge in [0.05, 0.1) is 0 Å². The second-order valence-electron chi connectivity index (χ2n) is 3.93. The summed E-state index contributed by atoms with van der Waals surface area (Å²) in [6.07, 6.45) is 4.57. The zero-order valence-corrected chi connectivity index (χ0v) is 8.61. The fourth-order valence-corrected chi connectivity index (χ4v) is 1.62. The standard InChI is InChI=1S/C11H17N3/c1-14(7-5-12)11-8-10(4-6-13-11)9-2-3-9/h4,6,8-9H,2-3,5,7,12H2,1H3. The Hall–Kier alpha value is -1.09. The highest BCUT2D eigenvalue weighted by Crippen LogP contribution is 2.40. The van der Waals surface area contributed by atoms with E-state index < -0.39 is 0 Å². The van der Waals surface area contributed by atoms with Crippen molar-refractivity contribution in [3.8, 4) is 0 Å². The summed E-state index contributed by atoms with van der Waals surface area (Å²) in [6.45, 7) is 1.53. The summed E-state index contributed by atoms with van der Waals surface area (Å²) in [6, 6.07) is 4.31. The molecule has 0 radical (unpaired) electrons. The van der Waals surface area contributed by atoms with Crippen molar-refractivity contribution in [3.63, 3.8) is 0 Å². The first-order chi connectivity index (χ1) is 6.81. The van der Waals surface area contributed by atoms with E-state index in [0.717, 1.165) is 18.3 Å². The zero-order chi connectivity index (χ0) is 9.97. The van der Waals surface area contributed by atoms with Crippen LogP contribution in [0.3, 0.4) is 0 Å². The van der Waals surface area contributed by atoms with Crippen LogP contribution in [-0.2, 0) is 0 Å². The van der Waals surface area contributed by atoms with Gasteiger partial charge >= 0.3 is 0 Å². The second kappa shape index (κ2) is 3.96. The van der Waals surface area contributed by atoms with E-state index in [1.165, 1.54) is 18.4 Å². The van der Waals surface area contributed by atoms with Crippen LogP contribution in [0.4, 0.5) is 5.82 Å². The Morgan fingerprint density at radius 1 is 1.57 bits per heavy atom. The smallest absolute Gasteiger partial charge is 0.128 e. The van der Waals surface area contributed by atoms with Crippen molar-refractivity contribution < 1.29 is 0 Å². The summed E-state index contributed by atoms with van der Waals surface area (Å²) in [5.41, 5.74) is 6.94. The van der Waals surface area contributed by atoms with E-state index in [1.807, 2.05) is 13.2 Å². The molecule has 0 unspecified atom stereocenters. The number of nitrogens with zero attached hydrogens (tertiary/aromatic N) is 2. The van der Waals surface area contributed by atoms with Gasteiger partial charge in [-0.15, -0.1) is 0 Å². The first-order valence-corrected chi connectivity index (χ1v) is 5.18. The number of hydrogen-bond donors (Lipinski definition) is 1. The molecule has 1 aromatic rings. The third kappa shape index (κ3) is 2.04. The van der Waals surface area contributed by atoms with E-state index in [0.29, 0.717) is 6.54 Å². The number of nitrogens with two attached hydrogens (primary N) is 1. The topological polar surface area (TPSA) is 42.1 Å². The van der Waals surface area contributed by atoms with Crippen molar-refractivity contribution in [1.82, 2.24) is 4.98 Å². The molecule has 1 aliphatic carbocycles. The fourth-order valence-electron chi connectivity index (χ4n) is 1.62. The van der Waals surface area contributed by atoms with Gasteiger partial charge in [0, 0.05) is 26.3 Å². The molecule has 2 N–H and O–H groups in total. The number of pyridine rings is 1. The molecule has 0 bridgehead atoms. The Morgan fingerprint density at radius 3 is 3.00 bits per heavy atom. The normalized spacial score (nSPS) is 15.6. The van der Waals surface area contributed by atoms with Gasteiger partial charge in [-0.2, -0.15) is 0 Å². The summed E-state index contributed by atoms with van der Waals surface area (Å²) in [4.78, 5) is 6.44. The van der Waals surface area contributed by atoms with Gasteiger partial charge in [0.15, 0.2) is 0 Å². The molecular weight excluding hydrogens is 174 g/mol. The summed E-state index contributed by atoms with van der Waals surface area (Å²) < 4.78 is 0. The Morgan fingerprint density at radius 2 is 2.36 bits per heavy atom. The number of anilines is 1. The Kier molecular flexibility index (Phi) is 2.68. The molecule has 0 atom stereocenters. The van der Waals surface area contributed by atoms with Crippen LogP contribution in [0, 0.1) is 0 Å². The first kappa shape index (κ1) is 9.46. The van der Waals surface area contributed by atoms with Crippen molar-refractivity contribution in [1.29, 1.82) is 0 Å². The number of likely N-dealkylation sites (N-methyl/N-ethyl adjacent to an activating group) is 1. The number of hydrogen-bond acceptors (Lipinski definition) is 3. The maximum Gasteiger partial charge on any atom is 0.128 e. The average Bonchev–Trinajstić information content (AvgIpc) is 3.02. The summed E-state index contributed by atoms with van der Waals surface area (Å²) in [7, 11) is 2.03. The molecule has 1 aromatic heterocycles. The molecule has 1 aliphatic rings. The van der Waals surface area contributed by atoms with Gasteiger partial charge in [-0.05, 0) is 36.5 Å². The monoisotopic (exact) mass is 191 g/mol. The molecule has 3 nitrogen and oxygen atoms in total. The van der Waals surface area contributed by atoms with Gasteiger partial charge in [0.1, 0.15) is 5.82 Å². The highest BCUT2D eigenvalue weighted by atomic mass is 15.2. The van der Waals surface area contributed by atoms with Crippen LogP contribution >= 0.6 is 0 Å². The maximum absolute atomic E-state index is 5.51. The van der Waals surface area contributed by atoms with Gasteiger partial charge in [-0.3, -0.25) is 0 Å². The van der Waals surface area contributed by atoms with Gasteiger partial charge < -0.3 is 10.6 Å². The quantitative estimate of drug-likeness (QED) is 0.781. The molecule has 0 amide bonds. The minimum absolute atomic E-state index is 0.672. The van der Waals surface area contributed by atoms with Crippen LogP contribution in [0.25, 0.3) is 0 Å². The third-order valence-corrected chi connectivity index (χ3v) is 2.67. The fraction of sp³-hybridized carbons (Fsp3) is 0.545. The molecule has 2 rings (SSSR count). The van der Waals surface area contributed by atoms with Crippen molar-refractivity contribution in [2.24, 2.45) is 5.73 Å². The molecule has 1 heterocycles. The van der Waals surface area contributed by atoms with Crippen LogP contribution in [0.2, 0.25) is 0 Å². The van der Waals surface area contributed by atoms with E-state index in [-0.39, 0.29) is 0 Å². The summed E-state index contributed by atoms with van der Waals surface area (Å²) >= 11 is 0. The predicted molar refractivity (Wildman–Crippen MR) is 58.5 cm³/mol. The number of rotatable bonds is 4. The van der Waals surface area contributed by atoms with Crippen molar-refractivity contribution >= 4 is 5.82 Å². The molecule has 14 heavy (non-hydrogen) atoms. The van der Waals surface area contributed by atoms with Crippen LogP contribution < -0.4 is 10.6 Å². The van der Waals surface area contributed by atoms with Crippen LogP contribution in [0.5, 0.6) is 0 Å². The van der Waals surface area contributed by atoms with E-state index in [2.05, 4.69) is 22.0 Å². The lowest BCUT2D eigenvalue weighted by atomic mass is 10.2. The summed E-state index contributed by atoms with van der Waals surface area (Å²) in [5.74, 6) is 1.84. The van der Waals surface area contributed by atoms with Gasteiger partial charge in [-0.1, -0.05) is 0 Å². The predicted octanol–water partition coefficient (Wildman–Crippen LogP) is 1.35. The van der Waals surface area contributed by atoms with Crippen LogP contribution in [0.1, 0.15) is 24.3 Å². The molecule has 0 aliphatic heterocycles. The lowest BCUT2D eigenvalue weighted by molar-refractivity contribution is 0.865.